The van der Waals surface area contributed by atoms with Crippen LogP contribution < -0.4 is 10.3 Å². The Morgan fingerprint density at radius 3 is 2.83 bits per heavy atom. The Kier molecular flexibility index (Phi) is 5.24. The highest BCUT2D eigenvalue weighted by atomic mass is 16.5. The molecule has 0 fully saturated rings. The van der Waals surface area contributed by atoms with Gasteiger partial charge in [-0.25, -0.2) is 4.98 Å². The maximum absolute atomic E-state index is 12.2. The van der Waals surface area contributed by atoms with Crippen LogP contribution in [-0.4, -0.2) is 54.3 Å². The van der Waals surface area contributed by atoms with Crippen molar-refractivity contribution in [1.82, 2.24) is 35.2 Å². The smallest absolute Gasteiger partial charge is 0.327 e. The number of aromatic amines is 2. The normalized spacial score (nSPS) is 11.0. The number of carbonyl (C=O) groups excluding carboxylic acids is 1. The van der Waals surface area contributed by atoms with E-state index in [9.17, 15) is 9.59 Å². The molecule has 0 spiro atoms. The minimum Gasteiger partial charge on any atom is -0.493 e. The van der Waals surface area contributed by atoms with E-state index in [1.54, 1.807) is 25.4 Å². The summed E-state index contributed by atoms with van der Waals surface area (Å²) in [6.07, 6.45) is 3.41. The first kappa shape index (κ1) is 19.3. The summed E-state index contributed by atoms with van der Waals surface area (Å²) in [6.45, 7) is 4.40. The first-order valence-corrected chi connectivity index (χ1v) is 9.35. The Labute approximate surface area is 170 Å². The van der Waals surface area contributed by atoms with Crippen LogP contribution >= 0.6 is 0 Å². The molecule has 4 aromatic rings. The van der Waals surface area contributed by atoms with E-state index in [4.69, 9.17) is 9.47 Å². The van der Waals surface area contributed by atoms with Gasteiger partial charge < -0.3 is 14.5 Å². The Bertz CT molecular complexity index is 1260. The lowest BCUT2D eigenvalue weighted by molar-refractivity contribution is -0.144. The van der Waals surface area contributed by atoms with Crippen molar-refractivity contribution >= 4 is 17.1 Å². The number of esters is 1. The van der Waals surface area contributed by atoms with Crippen LogP contribution in [0.2, 0.25) is 0 Å². The van der Waals surface area contributed by atoms with E-state index in [-0.39, 0.29) is 23.7 Å². The molecule has 30 heavy (non-hydrogen) atoms. The molecule has 0 atom stereocenters. The molecule has 11 heteroatoms. The van der Waals surface area contributed by atoms with Crippen molar-refractivity contribution in [1.29, 1.82) is 0 Å². The third-order valence-electron chi connectivity index (χ3n) is 4.29. The fraction of sp³-hybridized carbons (Fsp3) is 0.263. The highest BCUT2D eigenvalue weighted by molar-refractivity contribution is 5.76. The van der Waals surface area contributed by atoms with E-state index in [0.29, 0.717) is 30.4 Å². The third-order valence-corrected chi connectivity index (χ3v) is 4.29. The van der Waals surface area contributed by atoms with Crippen LogP contribution in [0.1, 0.15) is 13.8 Å². The molecule has 154 valence electrons. The molecule has 0 aliphatic carbocycles. The summed E-state index contributed by atoms with van der Waals surface area (Å²) >= 11 is 0. The molecule has 0 unspecified atom stereocenters. The molecule has 0 saturated carbocycles. The number of ether oxygens (including phenoxy) is 2. The van der Waals surface area contributed by atoms with Gasteiger partial charge in [-0.2, -0.15) is 10.3 Å². The molecule has 4 rings (SSSR count). The molecule has 1 aromatic carbocycles. The Balaban J connectivity index is 1.69. The lowest BCUT2D eigenvalue weighted by Gasteiger charge is -2.11. The summed E-state index contributed by atoms with van der Waals surface area (Å²) in [7, 11) is 0. The number of nitrogens with one attached hydrogen (secondary N) is 2. The quantitative estimate of drug-likeness (QED) is 0.438. The van der Waals surface area contributed by atoms with Gasteiger partial charge in [-0.1, -0.05) is 6.07 Å². The average molecular weight is 409 g/mol. The van der Waals surface area contributed by atoms with Crippen LogP contribution in [0.4, 0.5) is 0 Å². The van der Waals surface area contributed by atoms with E-state index < -0.39 is 5.56 Å². The number of hydrogen-bond acceptors (Lipinski definition) is 8. The molecule has 3 aromatic heterocycles. The lowest BCUT2D eigenvalue weighted by atomic mass is 10.1. The van der Waals surface area contributed by atoms with Gasteiger partial charge in [0, 0.05) is 11.8 Å². The van der Waals surface area contributed by atoms with Gasteiger partial charge in [-0.05, 0) is 31.5 Å². The summed E-state index contributed by atoms with van der Waals surface area (Å²) in [5.41, 5.74) is 2.22. The number of fused-ring (bicyclic) bond motifs is 1. The van der Waals surface area contributed by atoms with E-state index in [1.807, 2.05) is 19.1 Å². The molecule has 0 amide bonds. The zero-order valence-corrected chi connectivity index (χ0v) is 16.4. The molecule has 0 bridgehead atoms. The number of aromatic nitrogens is 7. The summed E-state index contributed by atoms with van der Waals surface area (Å²) in [5.74, 6) is 0.518. The van der Waals surface area contributed by atoms with Crippen molar-refractivity contribution in [2.45, 2.75) is 20.4 Å². The molecule has 0 aliphatic rings. The second kappa shape index (κ2) is 8.15. The van der Waals surface area contributed by atoms with Crippen molar-refractivity contribution in [3.63, 3.8) is 0 Å². The maximum Gasteiger partial charge on any atom is 0.327 e. The van der Waals surface area contributed by atoms with Gasteiger partial charge in [0.1, 0.15) is 18.1 Å². The van der Waals surface area contributed by atoms with Crippen molar-refractivity contribution in [3.05, 3.63) is 40.9 Å². The van der Waals surface area contributed by atoms with E-state index in [0.717, 1.165) is 11.1 Å². The molecule has 11 nitrogen and oxygen atoms in total. The van der Waals surface area contributed by atoms with E-state index >= 15 is 0 Å². The number of nitrogens with zero attached hydrogens (tertiary/aromatic N) is 5. The van der Waals surface area contributed by atoms with Gasteiger partial charge in [0.25, 0.3) is 5.56 Å². The fourth-order valence-electron chi connectivity index (χ4n) is 2.99. The minimum atomic E-state index is -0.393. The van der Waals surface area contributed by atoms with Crippen LogP contribution in [0.15, 0.2) is 35.4 Å². The molecule has 0 radical (unpaired) electrons. The first-order valence-electron chi connectivity index (χ1n) is 9.35. The second-order valence-electron chi connectivity index (χ2n) is 6.29. The number of rotatable bonds is 7. The molecule has 0 aliphatic heterocycles. The Morgan fingerprint density at radius 2 is 2.03 bits per heavy atom. The number of H-pyrrole nitrogens is 2. The minimum absolute atomic E-state index is 0.0348. The molecule has 3 heterocycles. The zero-order valence-electron chi connectivity index (χ0n) is 16.4. The van der Waals surface area contributed by atoms with Crippen molar-refractivity contribution in [2.75, 3.05) is 13.2 Å². The molecule has 0 saturated heterocycles. The van der Waals surface area contributed by atoms with Crippen molar-refractivity contribution < 1.29 is 14.3 Å². The highest BCUT2D eigenvalue weighted by Crippen LogP contribution is 2.32. The topological polar surface area (TPSA) is 141 Å². The zero-order chi connectivity index (χ0) is 21.1. The van der Waals surface area contributed by atoms with E-state index in [2.05, 4.69) is 30.5 Å². The van der Waals surface area contributed by atoms with Crippen LogP contribution in [0.3, 0.4) is 0 Å². The number of carbonyl (C=O) groups is 1. The van der Waals surface area contributed by atoms with Gasteiger partial charge in [-0.15, -0.1) is 10.2 Å². The van der Waals surface area contributed by atoms with E-state index in [1.165, 1.54) is 4.68 Å². The monoisotopic (exact) mass is 409 g/mol. The first-order chi connectivity index (χ1) is 14.6. The summed E-state index contributed by atoms with van der Waals surface area (Å²) in [6, 6.07) is 5.49. The standard InChI is InChI=1S/C19H19N7O4/c1-3-29-14-7-11(12-8-20-26(9-12)10-15(27)30-4-2)5-6-13(14)17-21-18-16(19(28)22-17)23-25-24-18/h5-9H,3-4,10H2,1-2H3,(H2,21,22,23,24,25,28). The summed E-state index contributed by atoms with van der Waals surface area (Å²) in [5, 5.41) is 14.3. The largest absolute Gasteiger partial charge is 0.493 e. The van der Waals surface area contributed by atoms with Gasteiger partial charge in [0.15, 0.2) is 5.52 Å². The Morgan fingerprint density at radius 1 is 1.17 bits per heavy atom. The van der Waals surface area contributed by atoms with Crippen LogP contribution in [0.5, 0.6) is 5.75 Å². The fourth-order valence-corrected chi connectivity index (χ4v) is 2.99. The van der Waals surface area contributed by atoms with Crippen LogP contribution in [0, 0.1) is 0 Å². The van der Waals surface area contributed by atoms with Gasteiger partial charge >= 0.3 is 5.97 Å². The van der Waals surface area contributed by atoms with Crippen molar-refractivity contribution in [3.8, 4) is 28.3 Å². The number of hydrogen-bond donors (Lipinski definition) is 2. The third kappa shape index (κ3) is 3.77. The maximum atomic E-state index is 12.2. The summed E-state index contributed by atoms with van der Waals surface area (Å²) < 4.78 is 12.2. The van der Waals surface area contributed by atoms with Gasteiger partial charge in [0.05, 0.1) is 25.0 Å². The molecular formula is C19H19N7O4. The summed E-state index contributed by atoms with van der Waals surface area (Å²) in [4.78, 5) is 30.9. The lowest BCUT2D eigenvalue weighted by Crippen LogP contribution is -2.13. The molecular weight excluding hydrogens is 390 g/mol. The highest BCUT2D eigenvalue weighted by Gasteiger charge is 2.15. The van der Waals surface area contributed by atoms with Gasteiger partial charge in [-0.3, -0.25) is 14.3 Å². The van der Waals surface area contributed by atoms with Crippen LogP contribution in [-0.2, 0) is 16.1 Å². The van der Waals surface area contributed by atoms with Crippen molar-refractivity contribution in [2.24, 2.45) is 0 Å². The average Bonchev–Trinajstić information content (AvgIpc) is 3.38. The molecule has 2 N–H and O–H groups in total. The second-order valence-corrected chi connectivity index (χ2v) is 6.29. The SMILES string of the molecule is CCOC(=O)Cn1cc(-c2ccc(-c3nc4n[nH]nc4c(=O)[nH]3)c(OCC)c2)cn1. The predicted octanol–water partition coefficient (Wildman–Crippen LogP) is 1.53. The van der Waals surface area contributed by atoms with Gasteiger partial charge in [0.2, 0.25) is 5.65 Å². The van der Waals surface area contributed by atoms with Crippen LogP contribution in [0.25, 0.3) is 33.7 Å². The number of benzene rings is 1. The predicted molar refractivity (Wildman–Crippen MR) is 107 cm³/mol. The Hall–Kier alpha value is -4.02.